The van der Waals surface area contributed by atoms with E-state index in [0.29, 0.717) is 6.04 Å². The molecule has 0 amide bonds. The van der Waals surface area contributed by atoms with Crippen LogP contribution in [0.1, 0.15) is 24.9 Å². The van der Waals surface area contributed by atoms with Crippen molar-refractivity contribution in [3.63, 3.8) is 0 Å². The first kappa shape index (κ1) is 12.7. The number of hydrogen-bond acceptors (Lipinski definition) is 2. The lowest BCUT2D eigenvalue weighted by Crippen LogP contribution is -2.20. The molecule has 1 rings (SSSR count). The lowest BCUT2D eigenvalue weighted by atomic mass is 10.1. The van der Waals surface area contributed by atoms with Crippen molar-refractivity contribution < 1.29 is 4.74 Å². The number of nitrogens with one attached hydrogen (secondary N) is 1. The van der Waals surface area contributed by atoms with Crippen molar-refractivity contribution in [3.8, 4) is 0 Å². The maximum absolute atomic E-state index is 5.00. The topological polar surface area (TPSA) is 21.3 Å². The van der Waals surface area contributed by atoms with Crippen molar-refractivity contribution in [1.29, 1.82) is 0 Å². The third-order valence-corrected chi connectivity index (χ3v) is 2.82. The van der Waals surface area contributed by atoms with Gasteiger partial charge in [-0.3, -0.25) is 0 Å². The maximum atomic E-state index is 5.00. The molecule has 0 bridgehead atoms. The van der Waals surface area contributed by atoms with Crippen LogP contribution in [0, 0.1) is 0 Å². The van der Waals surface area contributed by atoms with E-state index in [0.717, 1.165) is 24.0 Å². The molecule has 0 aliphatic heterocycles. The quantitative estimate of drug-likeness (QED) is 0.803. The van der Waals surface area contributed by atoms with E-state index >= 15 is 0 Å². The molecule has 0 aliphatic carbocycles. The second-order valence-corrected chi connectivity index (χ2v) is 4.49. The molecule has 1 aromatic carbocycles. The zero-order valence-corrected chi connectivity index (χ0v) is 10.9. The van der Waals surface area contributed by atoms with Gasteiger partial charge < -0.3 is 10.1 Å². The van der Waals surface area contributed by atoms with Crippen LogP contribution in [0.25, 0.3) is 0 Å². The minimum Gasteiger partial charge on any atom is -0.385 e. The van der Waals surface area contributed by atoms with Gasteiger partial charge in [0, 0.05) is 24.2 Å². The molecule has 0 spiro atoms. The highest BCUT2D eigenvalue weighted by atomic mass is 79.9. The smallest absolute Gasteiger partial charge is 0.0474 e. The fraction of sp³-hybridized carbons (Fsp3) is 0.500. The second kappa shape index (κ2) is 6.99. The van der Waals surface area contributed by atoms with Gasteiger partial charge >= 0.3 is 0 Å². The Morgan fingerprint density at radius 1 is 1.47 bits per heavy atom. The average Bonchev–Trinajstić information content (AvgIpc) is 2.24. The molecule has 3 heteroatoms. The molecule has 15 heavy (non-hydrogen) atoms. The molecule has 0 aliphatic rings. The van der Waals surface area contributed by atoms with Crippen LogP contribution in [-0.2, 0) is 4.74 Å². The van der Waals surface area contributed by atoms with Crippen molar-refractivity contribution in [2.24, 2.45) is 0 Å². The lowest BCUT2D eigenvalue weighted by molar-refractivity contribution is 0.193. The maximum Gasteiger partial charge on any atom is 0.0474 e. The number of halogens is 1. The van der Waals surface area contributed by atoms with E-state index in [4.69, 9.17) is 4.74 Å². The van der Waals surface area contributed by atoms with Crippen LogP contribution in [0.3, 0.4) is 0 Å². The van der Waals surface area contributed by atoms with Crippen molar-refractivity contribution in [2.75, 3.05) is 20.3 Å². The Bertz CT molecular complexity index is 291. The summed E-state index contributed by atoms with van der Waals surface area (Å²) in [5.41, 5.74) is 1.31. The Balaban J connectivity index is 2.36. The van der Waals surface area contributed by atoms with Gasteiger partial charge in [-0.25, -0.2) is 0 Å². The normalized spacial score (nSPS) is 12.7. The zero-order chi connectivity index (χ0) is 11.1. The summed E-state index contributed by atoms with van der Waals surface area (Å²) >= 11 is 3.48. The number of methoxy groups -OCH3 is 1. The molecule has 84 valence electrons. The molecule has 1 unspecified atom stereocenters. The van der Waals surface area contributed by atoms with E-state index in [1.54, 1.807) is 7.11 Å². The summed E-state index contributed by atoms with van der Waals surface area (Å²) in [5, 5.41) is 3.46. The number of benzene rings is 1. The summed E-state index contributed by atoms with van der Waals surface area (Å²) in [6, 6.07) is 8.78. The molecule has 0 saturated carbocycles. The summed E-state index contributed by atoms with van der Waals surface area (Å²) in [5.74, 6) is 0. The summed E-state index contributed by atoms with van der Waals surface area (Å²) in [6.45, 7) is 3.98. The van der Waals surface area contributed by atoms with Gasteiger partial charge in [-0.1, -0.05) is 28.1 Å². The predicted molar refractivity (Wildman–Crippen MR) is 67.1 cm³/mol. The number of hydrogen-bond donors (Lipinski definition) is 1. The molecule has 1 N–H and O–H groups in total. The summed E-state index contributed by atoms with van der Waals surface area (Å²) in [4.78, 5) is 0. The highest BCUT2D eigenvalue weighted by Gasteiger charge is 2.03. The van der Waals surface area contributed by atoms with Crippen molar-refractivity contribution in [2.45, 2.75) is 19.4 Å². The van der Waals surface area contributed by atoms with Gasteiger partial charge in [0.15, 0.2) is 0 Å². The monoisotopic (exact) mass is 271 g/mol. The SMILES string of the molecule is COCCCNC(C)c1cccc(Br)c1. The predicted octanol–water partition coefficient (Wildman–Crippen LogP) is 3.14. The fourth-order valence-electron chi connectivity index (χ4n) is 1.43. The van der Waals surface area contributed by atoms with Gasteiger partial charge in [-0.05, 0) is 37.6 Å². The Morgan fingerprint density at radius 3 is 2.93 bits per heavy atom. The van der Waals surface area contributed by atoms with E-state index in [-0.39, 0.29) is 0 Å². The van der Waals surface area contributed by atoms with E-state index in [1.165, 1.54) is 5.56 Å². The van der Waals surface area contributed by atoms with Gasteiger partial charge in [0.2, 0.25) is 0 Å². The Labute approximate surface area is 100 Å². The van der Waals surface area contributed by atoms with E-state index in [9.17, 15) is 0 Å². The van der Waals surface area contributed by atoms with Crippen LogP contribution >= 0.6 is 15.9 Å². The number of rotatable bonds is 6. The summed E-state index contributed by atoms with van der Waals surface area (Å²) in [7, 11) is 1.73. The minimum atomic E-state index is 0.388. The first-order valence-electron chi connectivity index (χ1n) is 5.22. The molecule has 2 nitrogen and oxygen atoms in total. The molecule has 0 fully saturated rings. The Kier molecular flexibility index (Phi) is 5.91. The highest BCUT2D eigenvalue weighted by molar-refractivity contribution is 9.10. The van der Waals surface area contributed by atoms with Crippen LogP contribution in [0.4, 0.5) is 0 Å². The lowest BCUT2D eigenvalue weighted by Gasteiger charge is -2.14. The summed E-state index contributed by atoms with van der Waals surface area (Å²) < 4.78 is 6.13. The van der Waals surface area contributed by atoms with E-state index in [1.807, 2.05) is 6.07 Å². The third-order valence-electron chi connectivity index (χ3n) is 2.32. The first-order chi connectivity index (χ1) is 7.24. The largest absolute Gasteiger partial charge is 0.385 e. The molecule has 0 aromatic heterocycles. The third kappa shape index (κ3) is 4.78. The molecule has 0 radical (unpaired) electrons. The average molecular weight is 272 g/mol. The van der Waals surface area contributed by atoms with Crippen molar-refractivity contribution in [3.05, 3.63) is 34.3 Å². The Morgan fingerprint density at radius 2 is 2.27 bits per heavy atom. The van der Waals surface area contributed by atoms with E-state index < -0.39 is 0 Å². The van der Waals surface area contributed by atoms with Gasteiger partial charge in [0.05, 0.1) is 0 Å². The Hall–Kier alpha value is -0.380. The molecule has 0 heterocycles. The molecule has 1 atom stereocenters. The van der Waals surface area contributed by atoms with Crippen LogP contribution in [0.2, 0.25) is 0 Å². The number of ether oxygens (including phenoxy) is 1. The zero-order valence-electron chi connectivity index (χ0n) is 9.29. The molecule has 0 saturated heterocycles. The van der Waals surface area contributed by atoms with Crippen molar-refractivity contribution >= 4 is 15.9 Å². The molecular formula is C12H18BrNO. The van der Waals surface area contributed by atoms with Gasteiger partial charge in [-0.15, -0.1) is 0 Å². The second-order valence-electron chi connectivity index (χ2n) is 3.58. The van der Waals surface area contributed by atoms with Crippen molar-refractivity contribution in [1.82, 2.24) is 5.32 Å². The molecular weight excluding hydrogens is 254 g/mol. The minimum absolute atomic E-state index is 0.388. The van der Waals surface area contributed by atoms with Gasteiger partial charge in [0.1, 0.15) is 0 Å². The summed E-state index contributed by atoms with van der Waals surface area (Å²) in [6.07, 6.45) is 1.05. The van der Waals surface area contributed by atoms with Gasteiger partial charge in [0.25, 0.3) is 0 Å². The standard InChI is InChI=1S/C12H18BrNO/c1-10(14-7-4-8-15-2)11-5-3-6-12(13)9-11/h3,5-6,9-10,14H,4,7-8H2,1-2H3. The van der Waals surface area contributed by atoms with Crippen LogP contribution in [0.5, 0.6) is 0 Å². The highest BCUT2D eigenvalue weighted by Crippen LogP contribution is 2.17. The fourth-order valence-corrected chi connectivity index (χ4v) is 1.85. The van der Waals surface area contributed by atoms with Crippen LogP contribution < -0.4 is 5.32 Å². The first-order valence-corrected chi connectivity index (χ1v) is 6.01. The molecule has 1 aromatic rings. The van der Waals surface area contributed by atoms with Crippen LogP contribution in [-0.4, -0.2) is 20.3 Å². The van der Waals surface area contributed by atoms with Crippen LogP contribution in [0.15, 0.2) is 28.7 Å². The van der Waals surface area contributed by atoms with Gasteiger partial charge in [-0.2, -0.15) is 0 Å². The van der Waals surface area contributed by atoms with E-state index in [2.05, 4.69) is 46.4 Å².